The van der Waals surface area contributed by atoms with Crippen LogP contribution in [0.4, 0.5) is 0 Å². The maximum atomic E-state index is 6.18. The largest absolute Gasteiger partial charge is 0.486 e. The third kappa shape index (κ3) is 3.79. The molecular weight excluding hydrogens is 272 g/mol. The zero-order valence-corrected chi connectivity index (χ0v) is 12.9. The highest BCUT2D eigenvalue weighted by Gasteiger charge is 2.23. The number of methoxy groups -OCH3 is 1. The van der Waals surface area contributed by atoms with E-state index in [1.165, 1.54) is 0 Å². The van der Waals surface area contributed by atoms with Crippen molar-refractivity contribution >= 4 is 11.3 Å². The number of para-hydroxylation sites is 1. The summed E-state index contributed by atoms with van der Waals surface area (Å²) in [5, 5.41) is 0.912. The number of ether oxygens (including phenoxy) is 2. The van der Waals surface area contributed by atoms with Crippen molar-refractivity contribution in [2.75, 3.05) is 7.11 Å². The number of rotatable bonds is 6. The monoisotopic (exact) mass is 292 g/mol. The van der Waals surface area contributed by atoms with Crippen LogP contribution in [0.15, 0.2) is 30.3 Å². The third-order valence-electron chi connectivity index (χ3n) is 2.71. The van der Waals surface area contributed by atoms with Gasteiger partial charge in [-0.25, -0.2) is 4.98 Å². The Morgan fingerprint density at radius 2 is 1.90 bits per heavy atom. The Kier molecular flexibility index (Phi) is 4.75. The predicted octanol–water partition coefficient (Wildman–Crippen LogP) is 3.06. The normalized spacial score (nSPS) is 11.6. The molecule has 0 atom stereocenters. The standard InChI is InChI=1S/C15H20N2O2S/c1-15(2,16)14-12(9-18-3)17-13(20-14)10-19-11-7-5-4-6-8-11/h4-8H,9-10,16H2,1-3H3. The molecule has 0 fully saturated rings. The van der Waals surface area contributed by atoms with Crippen molar-refractivity contribution in [1.82, 2.24) is 4.98 Å². The van der Waals surface area contributed by atoms with Crippen LogP contribution in [0, 0.1) is 0 Å². The minimum Gasteiger partial charge on any atom is -0.486 e. The smallest absolute Gasteiger partial charge is 0.140 e. The van der Waals surface area contributed by atoms with Gasteiger partial charge in [0.25, 0.3) is 0 Å². The summed E-state index contributed by atoms with van der Waals surface area (Å²) in [6.07, 6.45) is 0. The number of nitrogens with zero attached hydrogens (tertiary/aromatic N) is 1. The first-order valence-corrected chi connectivity index (χ1v) is 7.27. The van der Waals surface area contributed by atoms with Gasteiger partial charge in [-0.3, -0.25) is 0 Å². The van der Waals surface area contributed by atoms with Crippen molar-refractivity contribution in [3.05, 3.63) is 45.9 Å². The van der Waals surface area contributed by atoms with Crippen LogP contribution < -0.4 is 10.5 Å². The van der Waals surface area contributed by atoms with Gasteiger partial charge in [-0.1, -0.05) is 18.2 Å². The van der Waals surface area contributed by atoms with E-state index in [0.717, 1.165) is 21.3 Å². The summed E-state index contributed by atoms with van der Waals surface area (Å²) in [6.45, 7) is 4.86. The van der Waals surface area contributed by atoms with Crippen molar-refractivity contribution in [1.29, 1.82) is 0 Å². The van der Waals surface area contributed by atoms with Crippen LogP contribution in [0.1, 0.15) is 29.4 Å². The molecule has 0 aliphatic heterocycles. The van der Waals surface area contributed by atoms with Crippen LogP contribution in [-0.4, -0.2) is 12.1 Å². The number of nitrogens with two attached hydrogens (primary N) is 1. The van der Waals surface area contributed by atoms with Gasteiger partial charge in [0.05, 0.1) is 12.3 Å². The second-order valence-corrected chi connectivity index (χ2v) is 6.22. The average Bonchev–Trinajstić information content (AvgIpc) is 2.81. The Morgan fingerprint density at radius 1 is 1.20 bits per heavy atom. The summed E-state index contributed by atoms with van der Waals surface area (Å²) in [6, 6.07) is 9.71. The van der Waals surface area contributed by atoms with Crippen LogP contribution in [-0.2, 0) is 23.5 Å². The predicted molar refractivity (Wildman–Crippen MR) is 80.8 cm³/mol. The molecule has 2 rings (SSSR count). The summed E-state index contributed by atoms with van der Waals surface area (Å²) < 4.78 is 10.9. The first kappa shape index (κ1) is 15.0. The molecule has 0 bridgehead atoms. The molecule has 1 heterocycles. The molecule has 0 saturated heterocycles. The second kappa shape index (κ2) is 6.35. The van der Waals surface area contributed by atoms with Crippen LogP contribution >= 0.6 is 11.3 Å². The molecule has 0 aliphatic carbocycles. The summed E-state index contributed by atoms with van der Waals surface area (Å²) in [5.41, 5.74) is 6.66. The first-order valence-electron chi connectivity index (χ1n) is 6.45. The zero-order chi connectivity index (χ0) is 14.6. The van der Waals surface area contributed by atoms with E-state index in [4.69, 9.17) is 15.2 Å². The molecule has 0 unspecified atom stereocenters. The lowest BCUT2D eigenvalue weighted by Crippen LogP contribution is -2.28. The number of hydrogen-bond acceptors (Lipinski definition) is 5. The quantitative estimate of drug-likeness (QED) is 0.889. The molecule has 2 aromatic rings. The van der Waals surface area contributed by atoms with E-state index >= 15 is 0 Å². The SMILES string of the molecule is COCc1nc(COc2ccccc2)sc1C(C)(C)N. The van der Waals surface area contributed by atoms with Gasteiger partial charge in [0.1, 0.15) is 17.4 Å². The fourth-order valence-electron chi connectivity index (χ4n) is 1.86. The molecule has 4 nitrogen and oxygen atoms in total. The maximum absolute atomic E-state index is 6.18. The minimum absolute atomic E-state index is 0.420. The van der Waals surface area contributed by atoms with Crippen molar-refractivity contribution < 1.29 is 9.47 Å². The van der Waals surface area contributed by atoms with Crippen LogP contribution in [0.25, 0.3) is 0 Å². The molecule has 0 saturated carbocycles. The molecular formula is C15H20N2O2S. The third-order valence-corrected chi connectivity index (χ3v) is 4.12. The molecule has 0 spiro atoms. The van der Waals surface area contributed by atoms with E-state index in [-0.39, 0.29) is 0 Å². The van der Waals surface area contributed by atoms with Gasteiger partial charge in [0, 0.05) is 17.5 Å². The van der Waals surface area contributed by atoms with E-state index in [1.807, 2.05) is 44.2 Å². The lowest BCUT2D eigenvalue weighted by atomic mass is 10.0. The van der Waals surface area contributed by atoms with Gasteiger partial charge in [-0.2, -0.15) is 0 Å². The molecule has 2 N–H and O–H groups in total. The van der Waals surface area contributed by atoms with Gasteiger partial charge in [-0.15, -0.1) is 11.3 Å². The minimum atomic E-state index is -0.420. The summed E-state index contributed by atoms with van der Waals surface area (Å²) in [5.74, 6) is 0.838. The van der Waals surface area contributed by atoms with Crippen molar-refractivity contribution in [2.24, 2.45) is 5.73 Å². The second-order valence-electron chi connectivity index (χ2n) is 5.14. The summed E-state index contributed by atoms with van der Waals surface area (Å²) in [4.78, 5) is 5.62. The number of thiazole rings is 1. The Balaban J connectivity index is 2.12. The van der Waals surface area contributed by atoms with Gasteiger partial charge in [0.15, 0.2) is 0 Å². The van der Waals surface area contributed by atoms with E-state index in [2.05, 4.69) is 4.98 Å². The number of aromatic nitrogens is 1. The fourth-order valence-corrected chi connectivity index (χ4v) is 2.86. The summed E-state index contributed by atoms with van der Waals surface area (Å²) >= 11 is 1.58. The number of hydrogen-bond donors (Lipinski definition) is 1. The average molecular weight is 292 g/mol. The Morgan fingerprint density at radius 3 is 2.50 bits per heavy atom. The molecule has 1 aromatic heterocycles. The van der Waals surface area contributed by atoms with Crippen molar-refractivity contribution in [3.63, 3.8) is 0 Å². The van der Waals surface area contributed by atoms with Crippen LogP contribution in [0.2, 0.25) is 0 Å². The summed E-state index contributed by atoms with van der Waals surface area (Å²) in [7, 11) is 1.66. The van der Waals surface area contributed by atoms with Gasteiger partial charge < -0.3 is 15.2 Å². The highest BCUT2D eigenvalue weighted by Crippen LogP contribution is 2.29. The zero-order valence-electron chi connectivity index (χ0n) is 12.1. The van der Waals surface area contributed by atoms with Gasteiger partial charge in [0.2, 0.25) is 0 Å². The Labute approximate surface area is 123 Å². The van der Waals surface area contributed by atoms with Crippen LogP contribution in [0.3, 0.4) is 0 Å². The molecule has 0 radical (unpaired) electrons. The fraction of sp³-hybridized carbons (Fsp3) is 0.400. The highest BCUT2D eigenvalue weighted by atomic mass is 32.1. The first-order chi connectivity index (χ1) is 9.50. The molecule has 0 aliphatic rings. The molecule has 1 aromatic carbocycles. The van der Waals surface area contributed by atoms with E-state index in [9.17, 15) is 0 Å². The topological polar surface area (TPSA) is 57.4 Å². The van der Waals surface area contributed by atoms with E-state index in [0.29, 0.717) is 13.2 Å². The molecule has 108 valence electrons. The molecule has 0 amide bonds. The lowest BCUT2D eigenvalue weighted by Gasteiger charge is -2.17. The van der Waals surface area contributed by atoms with Crippen LogP contribution in [0.5, 0.6) is 5.75 Å². The molecule has 20 heavy (non-hydrogen) atoms. The highest BCUT2D eigenvalue weighted by molar-refractivity contribution is 7.11. The van der Waals surface area contributed by atoms with Crippen molar-refractivity contribution in [2.45, 2.75) is 32.6 Å². The Bertz CT molecular complexity index is 547. The van der Waals surface area contributed by atoms with Crippen molar-refractivity contribution in [3.8, 4) is 5.75 Å². The van der Waals surface area contributed by atoms with E-state index in [1.54, 1.807) is 18.4 Å². The van der Waals surface area contributed by atoms with Gasteiger partial charge in [-0.05, 0) is 26.0 Å². The lowest BCUT2D eigenvalue weighted by molar-refractivity contribution is 0.180. The van der Waals surface area contributed by atoms with E-state index < -0.39 is 5.54 Å². The van der Waals surface area contributed by atoms with Gasteiger partial charge >= 0.3 is 0 Å². The Hall–Kier alpha value is -1.43. The number of benzene rings is 1. The molecule has 5 heteroatoms. The maximum Gasteiger partial charge on any atom is 0.140 e.